The van der Waals surface area contributed by atoms with Crippen molar-refractivity contribution in [1.29, 1.82) is 0 Å². The van der Waals surface area contributed by atoms with Crippen LogP contribution in [0.1, 0.15) is 91.9 Å². The zero-order valence-electron chi connectivity index (χ0n) is 18.4. The lowest BCUT2D eigenvalue weighted by Gasteiger charge is -2.43. The van der Waals surface area contributed by atoms with Gasteiger partial charge in [-0.15, -0.1) is 0 Å². The number of unbranched alkanes of at least 4 members (excludes halogenated alkanes) is 5. The van der Waals surface area contributed by atoms with Gasteiger partial charge in [-0.1, -0.05) is 59.3 Å². The molecule has 0 aromatic heterocycles. The number of nitrogens with zero attached hydrogens (tertiary/aromatic N) is 1. The van der Waals surface area contributed by atoms with Crippen LogP contribution in [0.3, 0.4) is 0 Å². The van der Waals surface area contributed by atoms with Gasteiger partial charge in [0, 0.05) is 19.4 Å². The topological polar surface area (TPSA) is 73.2 Å². The monoisotopic (exact) mass is 387 g/mol. The van der Waals surface area contributed by atoms with Crippen molar-refractivity contribution in [2.45, 2.75) is 115 Å². The van der Waals surface area contributed by atoms with Crippen molar-refractivity contribution in [2.24, 2.45) is 5.92 Å². The molecule has 1 fully saturated rings. The van der Waals surface area contributed by atoms with Crippen LogP contribution in [-0.2, 0) is 4.74 Å². The molecule has 5 heteroatoms. The molecule has 0 spiro atoms. The maximum atomic E-state index is 10.9. The molecule has 0 aromatic rings. The molecule has 162 valence electrons. The van der Waals surface area contributed by atoms with Gasteiger partial charge < -0.3 is 20.1 Å². The zero-order chi connectivity index (χ0) is 20.5. The largest absolute Gasteiger partial charge is 0.393 e. The van der Waals surface area contributed by atoms with Gasteiger partial charge in [-0.3, -0.25) is 4.90 Å². The molecular formula is C22H45NO4. The minimum Gasteiger partial charge on any atom is -0.393 e. The summed E-state index contributed by atoms with van der Waals surface area (Å²) in [6.07, 6.45) is 8.48. The van der Waals surface area contributed by atoms with Gasteiger partial charge >= 0.3 is 0 Å². The van der Waals surface area contributed by atoms with Gasteiger partial charge in [-0.25, -0.2) is 0 Å². The Hall–Kier alpha value is -0.200. The molecule has 1 aliphatic rings. The highest BCUT2D eigenvalue weighted by molar-refractivity contribution is 4.98. The third-order valence-corrected chi connectivity index (χ3v) is 6.45. The Morgan fingerprint density at radius 1 is 1.11 bits per heavy atom. The Labute approximate surface area is 167 Å². The van der Waals surface area contributed by atoms with E-state index in [0.717, 1.165) is 32.2 Å². The molecule has 2 unspecified atom stereocenters. The molecular weight excluding hydrogens is 342 g/mol. The zero-order valence-corrected chi connectivity index (χ0v) is 18.4. The van der Waals surface area contributed by atoms with Crippen molar-refractivity contribution in [3.8, 4) is 0 Å². The Morgan fingerprint density at radius 3 is 2.30 bits per heavy atom. The van der Waals surface area contributed by atoms with Crippen LogP contribution in [0.5, 0.6) is 0 Å². The van der Waals surface area contributed by atoms with Crippen LogP contribution < -0.4 is 0 Å². The third kappa shape index (κ3) is 7.28. The highest BCUT2D eigenvalue weighted by atomic mass is 16.5. The molecule has 1 saturated carbocycles. The van der Waals surface area contributed by atoms with E-state index in [4.69, 9.17) is 4.74 Å². The molecule has 3 N–H and O–H groups in total. The lowest BCUT2D eigenvalue weighted by atomic mass is 9.87. The van der Waals surface area contributed by atoms with Crippen LogP contribution in [0.2, 0.25) is 0 Å². The molecule has 0 saturated heterocycles. The maximum Gasteiger partial charge on any atom is 0.150 e. The molecule has 0 bridgehead atoms. The Balaban J connectivity index is 2.71. The maximum absolute atomic E-state index is 10.9. The fourth-order valence-electron chi connectivity index (χ4n) is 4.05. The van der Waals surface area contributed by atoms with E-state index in [2.05, 4.69) is 25.7 Å². The number of aliphatic hydroxyl groups excluding tert-OH is 2. The number of rotatable bonds is 14. The molecule has 5 nitrogen and oxygen atoms in total. The number of likely N-dealkylation sites (N-methyl/N-ethyl adjacent to an activating group) is 1. The van der Waals surface area contributed by atoms with Crippen molar-refractivity contribution in [3.05, 3.63) is 0 Å². The average Bonchev–Trinajstić information content (AvgIpc) is 2.92. The van der Waals surface area contributed by atoms with Crippen LogP contribution in [-0.4, -0.2) is 64.0 Å². The minimum atomic E-state index is -0.947. The summed E-state index contributed by atoms with van der Waals surface area (Å²) in [5.74, 6) is 0.123. The van der Waals surface area contributed by atoms with Crippen LogP contribution in [0, 0.1) is 5.92 Å². The second-order valence-electron chi connectivity index (χ2n) is 8.98. The molecule has 5 atom stereocenters. The lowest BCUT2D eigenvalue weighted by Crippen LogP contribution is -2.57. The van der Waals surface area contributed by atoms with E-state index in [-0.39, 0.29) is 12.5 Å². The normalized spacial score (nSPS) is 29.2. The summed E-state index contributed by atoms with van der Waals surface area (Å²) >= 11 is 0. The molecule has 1 aliphatic carbocycles. The van der Waals surface area contributed by atoms with E-state index in [9.17, 15) is 15.3 Å². The Bertz CT molecular complexity index is 404. The van der Waals surface area contributed by atoms with Crippen molar-refractivity contribution in [3.63, 3.8) is 0 Å². The van der Waals surface area contributed by atoms with Crippen LogP contribution in [0.4, 0.5) is 0 Å². The third-order valence-electron chi connectivity index (χ3n) is 6.45. The molecule has 1 rings (SSSR count). The summed E-state index contributed by atoms with van der Waals surface area (Å²) < 4.78 is 6.25. The number of hydrogen-bond acceptors (Lipinski definition) is 5. The van der Waals surface area contributed by atoms with Gasteiger partial charge in [0.1, 0.15) is 5.72 Å². The fraction of sp³-hybridized carbons (Fsp3) is 1.00. The van der Waals surface area contributed by atoms with Crippen molar-refractivity contribution >= 4 is 0 Å². The van der Waals surface area contributed by atoms with E-state index in [0.29, 0.717) is 12.8 Å². The van der Waals surface area contributed by atoms with E-state index in [1.54, 1.807) is 0 Å². The first-order valence-corrected chi connectivity index (χ1v) is 11.1. The molecule has 0 aromatic carbocycles. The lowest BCUT2D eigenvalue weighted by molar-refractivity contribution is -0.224. The molecule has 0 radical (unpaired) electrons. The summed E-state index contributed by atoms with van der Waals surface area (Å²) in [4.78, 5) is 2.06. The summed E-state index contributed by atoms with van der Waals surface area (Å²) in [5.41, 5.74) is -1.85. The van der Waals surface area contributed by atoms with Gasteiger partial charge in [-0.2, -0.15) is 0 Å². The molecule has 0 amide bonds. The Kier molecular flexibility index (Phi) is 10.8. The average molecular weight is 388 g/mol. The highest BCUT2D eigenvalue weighted by Crippen LogP contribution is 2.38. The number of hydrogen-bond donors (Lipinski definition) is 3. The predicted octanol–water partition coefficient (Wildman–Crippen LogP) is 3.69. The van der Waals surface area contributed by atoms with Gasteiger partial charge in [0.05, 0.1) is 24.4 Å². The predicted molar refractivity (Wildman–Crippen MR) is 111 cm³/mol. The summed E-state index contributed by atoms with van der Waals surface area (Å²) in [6, 6.07) is 0. The van der Waals surface area contributed by atoms with Crippen LogP contribution in [0.25, 0.3) is 0 Å². The SMILES string of the molecule is CCCCCCCN(C)[C@@]1(OCC(C)(O)C(C)CCCC)C[C@H](O)C[C@@H]1O. The first-order valence-electron chi connectivity index (χ1n) is 11.1. The first kappa shape index (κ1) is 24.8. The number of ether oxygens (including phenoxy) is 1. The second kappa shape index (κ2) is 11.7. The van der Waals surface area contributed by atoms with Crippen LogP contribution >= 0.6 is 0 Å². The van der Waals surface area contributed by atoms with E-state index in [1.165, 1.54) is 25.7 Å². The highest BCUT2D eigenvalue weighted by Gasteiger charge is 2.51. The van der Waals surface area contributed by atoms with E-state index < -0.39 is 23.5 Å². The quantitative estimate of drug-likeness (QED) is 0.313. The van der Waals surface area contributed by atoms with Crippen molar-refractivity contribution in [1.82, 2.24) is 4.90 Å². The summed E-state index contributed by atoms with van der Waals surface area (Å²) in [5, 5.41) is 31.7. The van der Waals surface area contributed by atoms with Gasteiger partial charge in [0.2, 0.25) is 0 Å². The van der Waals surface area contributed by atoms with Crippen molar-refractivity contribution in [2.75, 3.05) is 20.2 Å². The van der Waals surface area contributed by atoms with Gasteiger partial charge in [0.25, 0.3) is 0 Å². The Morgan fingerprint density at radius 2 is 1.74 bits per heavy atom. The summed E-state index contributed by atoms with van der Waals surface area (Å²) in [6.45, 7) is 9.23. The van der Waals surface area contributed by atoms with E-state index >= 15 is 0 Å². The summed E-state index contributed by atoms with van der Waals surface area (Å²) in [7, 11) is 1.97. The fourth-order valence-corrected chi connectivity index (χ4v) is 4.05. The standard InChI is InChI=1S/C22H45NO4/c1-6-8-10-11-12-14-23(5)22(16-19(24)15-20(22)25)27-17-21(4,26)18(3)13-9-7-2/h18-20,24-26H,6-17H2,1-5H3/t18?,19-,20+,21?,22-/m1/s1. The first-order chi connectivity index (χ1) is 12.7. The van der Waals surface area contributed by atoms with Gasteiger partial charge in [-0.05, 0) is 32.7 Å². The smallest absolute Gasteiger partial charge is 0.150 e. The van der Waals surface area contributed by atoms with E-state index in [1.807, 2.05) is 14.0 Å². The molecule has 0 aliphatic heterocycles. The molecule has 0 heterocycles. The van der Waals surface area contributed by atoms with Crippen LogP contribution in [0.15, 0.2) is 0 Å². The second-order valence-corrected chi connectivity index (χ2v) is 8.98. The number of aliphatic hydroxyl groups is 3. The van der Waals surface area contributed by atoms with Crippen molar-refractivity contribution < 1.29 is 20.1 Å². The minimum absolute atomic E-state index is 0.123. The molecule has 27 heavy (non-hydrogen) atoms. The van der Waals surface area contributed by atoms with Gasteiger partial charge in [0.15, 0.2) is 0 Å².